The minimum Gasteiger partial charge on any atom is -0.450 e. The largest absolute Gasteiger partial charge is 0.450 e. The molecule has 0 aliphatic heterocycles. The van der Waals surface area contributed by atoms with Crippen LogP contribution in [0.2, 0.25) is 0 Å². The van der Waals surface area contributed by atoms with Crippen LogP contribution in [0, 0.1) is 5.92 Å². The van der Waals surface area contributed by atoms with E-state index < -0.39 is 30.3 Å². The van der Waals surface area contributed by atoms with Gasteiger partial charge in [-0.1, -0.05) is 12.8 Å². The van der Waals surface area contributed by atoms with Crippen LogP contribution in [0.1, 0.15) is 32.6 Å². The molecule has 0 heterocycles. The highest BCUT2D eigenvalue weighted by molar-refractivity contribution is 5.74. The highest BCUT2D eigenvalue weighted by atomic mass is 19.4. The molecule has 6 nitrogen and oxygen atoms in total. The van der Waals surface area contributed by atoms with Gasteiger partial charge in [0.2, 0.25) is 0 Å². The number of hydrogen-bond acceptors (Lipinski definition) is 3. The number of hydrogen-bond donors (Lipinski definition) is 3. The van der Waals surface area contributed by atoms with E-state index in [1.54, 1.807) is 6.92 Å². The molecule has 1 aliphatic carbocycles. The highest BCUT2D eigenvalue weighted by Crippen LogP contribution is 2.37. The first-order chi connectivity index (χ1) is 10.3. The molecule has 22 heavy (non-hydrogen) atoms. The molecular weight excluding hydrogens is 303 g/mol. The number of rotatable bonds is 5. The van der Waals surface area contributed by atoms with E-state index in [1.165, 1.54) is 0 Å². The number of carbonyl (C=O) groups excluding carboxylic acids is 2. The lowest BCUT2D eigenvalue weighted by atomic mass is 9.84. The van der Waals surface area contributed by atoms with Crippen LogP contribution in [0.3, 0.4) is 0 Å². The fourth-order valence-corrected chi connectivity index (χ4v) is 2.44. The van der Waals surface area contributed by atoms with Crippen molar-refractivity contribution in [1.29, 1.82) is 0 Å². The Bertz CT molecular complexity index is 377. The molecule has 0 spiro atoms. The van der Waals surface area contributed by atoms with Gasteiger partial charge in [0.05, 0.1) is 12.5 Å². The van der Waals surface area contributed by atoms with Gasteiger partial charge in [0.15, 0.2) is 0 Å². The molecule has 3 amide bonds. The lowest BCUT2D eigenvalue weighted by Crippen LogP contribution is -2.51. The molecule has 1 rings (SSSR count). The summed E-state index contributed by atoms with van der Waals surface area (Å²) in [4.78, 5) is 22.6. The number of nitrogens with one attached hydrogen (secondary N) is 3. The third kappa shape index (κ3) is 6.40. The molecule has 0 aromatic heterocycles. The maximum absolute atomic E-state index is 12.9. The Morgan fingerprint density at radius 1 is 1.14 bits per heavy atom. The number of halogens is 3. The summed E-state index contributed by atoms with van der Waals surface area (Å²) in [7, 11) is 0. The second-order valence-electron chi connectivity index (χ2n) is 5.09. The quantitative estimate of drug-likeness (QED) is 0.678. The first kappa shape index (κ1) is 18.4. The summed E-state index contributed by atoms with van der Waals surface area (Å²) in [6.45, 7) is 2.14. The molecule has 0 aromatic rings. The average Bonchev–Trinajstić information content (AvgIpc) is 2.43. The topological polar surface area (TPSA) is 79.5 Å². The molecule has 128 valence electrons. The summed E-state index contributed by atoms with van der Waals surface area (Å²) in [5.74, 6) is -1.50. The van der Waals surface area contributed by atoms with Crippen molar-refractivity contribution in [2.45, 2.75) is 44.8 Å². The minimum atomic E-state index is -4.30. The molecule has 2 unspecified atom stereocenters. The van der Waals surface area contributed by atoms with Gasteiger partial charge in [-0.2, -0.15) is 13.2 Å². The summed E-state index contributed by atoms with van der Waals surface area (Å²) in [5, 5.41) is 7.18. The van der Waals surface area contributed by atoms with Crippen LogP contribution >= 0.6 is 0 Å². The highest BCUT2D eigenvalue weighted by Gasteiger charge is 2.45. The van der Waals surface area contributed by atoms with Gasteiger partial charge in [-0.3, -0.25) is 0 Å². The standard InChI is InChI=1S/C13H22F3N3O3/c1-2-22-12(21)18-8-7-17-11(20)19-10-6-4-3-5-9(10)13(14,15)16/h9-10H,2-8H2,1H3,(H,18,21)(H2,17,19,20). The third-order valence-corrected chi connectivity index (χ3v) is 3.46. The predicted octanol–water partition coefficient (Wildman–Crippen LogP) is 2.15. The third-order valence-electron chi connectivity index (χ3n) is 3.46. The predicted molar refractivity (Wildman–Crippen MR) is 73.4 cm³/mol. The van der Waals surface area contributed by atoms with Crippen molar-refractivity contribution in [1.82, 2.24) is 16.0 Å². The first-order valence-corrected chi connectivity index (χ1v) is 7.36. The number of amides is 3. The lowest BCUT2D eigenvalue weighted by molar-refractivity contribution is -0.187. The Morgan fingerprint density at radius 2 is 1.77 bits per heavy atom. The van der Waals surface area contributed by atoms with Crippen molar-refractivity contribution in [3.8, 4) is 0 Å². The number of ether oxygens (including phenoxy) is 1. The van der Waals surface area contributed by atoms with E-state index in [1.807, 2.05) is 0 Å². The van der Waals surface area contributed by atoms with Crippen LogP contribution in [0.15, 0.2) is 0 Å². The molecule has 0 aromatic carbocycles. The monoisotopic (exact) mass is 325 g/mol. The van der Waals surface area contributed by atoms with E-state index in [9.17, 15) is 22.8 Å². The van der Waals surface area contributed by atoms with Crippen molar-refractivity contribution in [3.05, 3.63) is 0 Å². The smallest absolute Gasteiger partial charge is 0.407 e. The molecular formula is C13H22F3N3O3. The van der Waals surface area contributed by atoms with Gasteiger partial charge < -0.3 is 20.7 Å². The zero-order valence-corrected chi connectivity index (χ0v) is 12.5. The number of alkyl halides is 3. The maximum Gasteiger partial charge on any atom is 0.407 e. The van der Waals surface area contributed by atoms with Crippen LogP contribution in [-0.4, -0.2) is 44.0 Å². The molecule has 3 N–H and O–H groups in total. The molecule has 1 aliphatic rings. The van der Waals surface area contributed by atoms with Crippen LogP contribution < -0.4 is 16.0 Å². The van der Waals surface area contributed by atoms with Gasteiger partial charge in [-0.25, -0.2) is 9.59 Å². The molecule has 0 radical (unpaired) electrons. The Labute approximate surface area is 127 Å². The van der Waals surface area contributed by atoms with E-state index in [-0.39, 0.29) is 26.1 Å². The van der Waals surface area contributed by atoms with Crippen molar-refractivity contribution in [2.75, 3.05) is 19.7 Å². The van der Waals surface area contributed by atoms with E-state index in [4.69, 9.17) is 0 Å². The van der Waals surface area contributed by atoms with E-state index in [0.717, 1.165) is 0 Å². The fraction of sp³-hybridized carbons (Fsp3) is 0.846. The van der Waals surface area contributed by atoms with Gasteiger partial charge >= 0.3 is 18.3 Å². The van der Waals surface area contributed by atoms with Crippen molar-refractivity contribution in [3.63, 3.8) is 0 Å². The normalized spacial score (nSPS) is 21.8. The van der Waals surface area contributed by atoms with Gasteiger partial charge in [0.25, 0.3) is 0 Å². The Balaban J connectivity index is 2.29. The van der Waals surface area contributed by atoms with Crippen LogP contribution in [-0.2, 0) is 4.74 Å². The summed E-state index contributed by atoms with van der Waals surface area (Å²) in [6, 6.07) is -1.56. The van der Waals surface area contributed by atoms with Crippen LogP contribution in [0.4, 0.5) is 22.8 Å². The lowest BCUT2D eigenvalue weighted by Gasteiger charge is -2.33. The summed E-state index contributed by atoms with van der Waals surface area (Å²) in [5.41, 5.74) is 0. The van der Waals surface area contributed by atoms with Crippen molar-refractivity contribution in [2.24, 2.45) is 5.92 Å². The number of alkyl carbamates (subject to hydrolysis) is 1. The summed E-state index contributed by atoms with van der Waals surface area (Å²) >= 11 is 0. The van der Waals surface area contributed by atoms with Gasteiger partial charge in [-0.15, -0.1) is 0 Å². The summed E-state index contributed by atoms with van der Waals surface area (Å²) in [6.07, 6.45) is -3.36. The molecule has 0 bridgehead atoms. The number of carbonyl (C=O) groups is 2. The maximum atomic E-state index is 12.9. The van der Waals surface area contributed by atoms with E-state index in [0.29, 0.717) is 19.3 Å². The van der Waals surface area contributed by atoms with E-state index >= 15 is 0 Å². The van der Waals surface area contributed by atoms with E-state index in [2.05, 4.69) is 20.7 Å². The van der Waals surface area contributed by atoms with Crippen LogP contribution in [0.5, 0.6) is 0 Å². The second-order valence-corrected chi connectivity index (χ2v) is 5.09. The second kappa shape index (κ2) is 8.70. The fourth-order valence-electron chi connectivity index (χ4n) is 2.44. The van der Waals surface area contributed by atoms with Gasteiger partial charge in [0.1, 0.15) is 0 Å². The Kier molecular flexibility index (Phi) is 7.26. The zero-order valence-electron chi connectivity index (χ0n) is 12.5. The number of urea groups is 1. The first-order valence-electron chi connectivity index (χ1n) is 7.36. The van der Waals surface area contributed by atoms with Crippen LogP contribution in [0.25, 0.3) is 0 Å². The molecule has 1 fully saturated rings. The minimum absolute atomic E-state index is 0.0405. The Hall–Kier alpha value is -1.67. The average molecular weight is 325 g/mol. The SMILES string of the molecule is CCOC(=O)NCCNC(=O)NC1CCCCC1C(F)(F)F. The molecule has 0 saturated heterocycles. The van der Waals surface area contributed by atoms with Crippen molar-refractivity contribution < 1.29 is 27.5 Å². The molecule has 2 atom stereocenters. The van der Waals surface area contributed by atoms with Crippen molar-refractivity contribution >= 4 is 12.1 Å². The molecule has 9 heteroatoms. The molecule has 1 saturated carbocycles. The summed E-state index contributed by atoms with van der Waals surface area (Å²) < 4.78 is 43.2. The van der Waals surface area contributed by atoms with Gasteiger partial charge in [0, 0.05) is 19.1 Å². The Morgan fingerprint density at radius 3 is 2.41 bits per heavy atom. The van der Waals surface area contributed by atoms with Gasteiger partial charge in [-0.05, 0) is 19.8 Å². The zero-order chi connectivity index (χ0) is 16.6.